The smallest absolute Gasteiger partial charge is 0.353 e. The van der Waals surface area contributed by atoms with E-state index in [9.17, 15) is 10.1 Å². The average molecular weight is 293 g/mol. The zero-order valence-corrected chi connectivity index (χ0v) is 12.7. The summed E-state index contributed by atoms with van der Waals surface area (Å²) in [6, 6.07) is 0. The predicted molar refractivity (Wildman–Crippen MR) is 82.5 cm³/mol. The van der Waals surface area contributed by atoms with E-state index in [1.807, 2.05) is 6.92 Å². The molecule has 2 N–H and O–H groups in total. The van der Waals surface area contributed by atoms with Crippen LogP contribution in [0.3, 0.4) is 0 Å². The predicted octanol–water partition coefficient (Wildman–Crippen LogP) is 3.20. The Morgan fingerprint density at radius 1 is 1.24 bits per heavy atom. The van der Waals surface area contributed by atoms with Crippen LogP contribution in [-0.4, -0.2) is 28.0 Å². The molecule has 0 aliphatic heterocycles. The number of hydrogen-bond donors (Lipinski definition) is 2. The lowest BCUT2D eigenvalue weighted by atomic mass is 9.83. The van der Waals surface area contributed by atoms with E-state index in [2.05, 4.69) is 27.5 Å². The molecule has 1 aliphatic carbocycles. The molecule has 0 unspecified atom stereocenters. The van der Waals surface area contributed by atoms with Gasteiger partial charge in [-0.1, -0.05) is 19.8 Å². The highest BCUT2D eigenvalue weighted by Crippen LogP contribution is 2.41. The monoisotopic (exact) mass is 293 g/mol. The van der Waals surface area contributed by atoms with E-state index in [1.54, 1.807) is 0 Å². The molecule has 0 saturated heterocycles. The van der Waals surface area contributed by atoms with Crippen LogP contribution in [0.25, 0.3) is 0 Å². The number of aromatic nitrogens is 2. The highest BCUT2D eigenvalue weighted by atomic mass is 16.6. The normalized spacial score (nSPS) is 16.7. The van der Waals surface area contributed by atoms with Crippen molar-refractivity contribution in [1.82, 2.24) is 9.97 Å². The summed E-state index contributed by atoms with van der Waals surface area (Å²) in [5, 5.41) is 17.4. The zero-order chi connectivity index (χ0) is 15.3. The van der Waals surface area contributed by atoms with Crippen molar-refractivity contribution in [3.8, 4) is 0 Å². The molecular formula is C14H23N5O2. The Morgan fingerprint density at radius 3 is 2.38 bits per heavy atom. The Bertz CT molecular complexity index is 500. The Hall–Kier alpha value is -1.92. The maximum absolute atomic E-state index is 11.3. The van der Waals surface area contributed by atoms with Gasteiger partial charge in [0.15, 0.2) is 0 Å². The van der Waals surface area contributed by atoms with Crippen LogP contribution < -0.4 is 10.6 Å². The van der Waals surface area contributed by atoms with Gasteiger partial charge >= 0.3 is 5.69 Å². The van der Waals surface area contributed by atoms with Gasteiger partial charge in [-0.25, -0.2) is 9.97 Å². The van der Waals surface area contributed by atoms with Gasteiger partial charge in [0.05, 0.1) is 4.92 Å². The fourth-order valence-electron chi connectivity index (χ4n) is 3.03. The molecule has 1 aromatic rings. The molecule has 0 atom stereocenters. The average Bonchev–Trinajstić information content (AvgIpc) is 2.95. The van der Waals surface area contributed by atoms with Crippen LogP contribution in [0.4, 0.5) is 17.3 Å². The maximum Gasteiger partial charge on any atom is 0.353 e. The minimum absolute atomic E-state index is 0.0661. The molecule has 1 heterocycles. The highest BCUT2D eigenvalue weighted by Gasteiger charge is 2.33. The van der Waals surface area contributed by atoms with Crippen molar-refractivity contribution in [2.24, 2.45) is 5.41 Å². The van der Waals surface area contributed by atoms with Crippen LogP contribution >= 0.6 is 0 Å². The minimum atomic E-state index is -0.423. The van der Waals surface area contributed by atoms with Crippen molar-refractivity contribution in [3.05, 3.63) is 16.4 Å². The fraction of sp³-hybridized carbons (Fsp3) is 0.714. The number of nitro groups is 1. The molecular weight excluding hydrogens is 270 g/mol. The van der Waals surface area contributed by atoms with Crippen molar-refractivity contribution in [1.29, 1.82) is 0 Å². The zero-order valence-electron chi connectivity index (χ0n) is 12.7. The summed E-state index contributed by atoms with van der Waals surface area (Å²) in [5.74, 6) is 0.586. The molecule has 0 bridgehead atoms. The molecule has 1 fully saturated rings. The van der Waals surface area contributed by atoms with Crippen LogP contribution in [0.1, 0.15) is 46.0 Å². The van der Waals surface area contributed by atoms with Crippen molar-refractivity contribution in [3.63, 3.8) is 0 Å². The highest BCUT2D eigenvalue weighted by molar-refractivity contribution is 5.69. The van der Waals surface area contributed by atoms with Gasteiger partial charge in [0.2, 0.25) is 11.6 Å². The van der Waals surface area contributed by atoms with Gasteiger partial charge in [0.1, 0.15) is 6.33 Å². The Morgan fingerprint density at radius 2 is 1.86 bits per heavy atom. The number of hydrogen-bond acceptors (Lipinski definition) is 6. The van der Waals surface area contributed by atoms with Gasteiger partial charge in [-0.05, 0) is 31.6 Å². The van der Waals surface area contributed by atoms with Crippen molar-refractivity contribution >= 4 is 17.3 Å². The van der Waals surface area contributed by atoms with Gasteiger partial charge in [0.25, 0.3) is 0 Å². The first-order chi connectivity index (χ1) is 10.1. The third-order valence-electron chi connectivity index (χ3n) is 4.39. The molecule has 2 rings (SSSR count). The van der Waals surface area contributed by atoms with E-state index in [-0.39, 0.29) is 16.9 Å². The van der Waals surface area contributed by atoms with E-state index >= 15 is 0 Å². The molecule has 116 valence electrons. The summed E-state index contributed by atoms with van der Waals surface area (Å²) >= 11 is 0. The van der Waals surface area contributed by atoms with E-state index in [1.165, 1.54) is 32.0 Å². The first-order valence-corrected chi connectivity index (χ1v) is 7.59. The Labute approximate surface area is 124 Å². The molecule has 0 aromatic carbocycles. The van der Waals surface area contributed by atoms with Crippen LogP contribution in [-0.2, 0) is 0 Å². The summed E-state index contributed by atoms with van der Waals surface area (Å²) in [4.78, 5) is 18.9. The lowest BCUT2D eigenvalue weighted by molar-refractivity contribution is -0.383. The van der Waals surface area contributed by atoms with Crippen LogP contribution in [0.15, 0.2) is 6.33 Å². The third-order valence-corrected chi connectivity index (χ3v) is 4.39. The quantitative estimate of drug-likeness (QED) is 0.592. The molecule has 0 radical (unpaired) electrons. The van der Waals surface area contributed by atoms with Gasteiger partial charge in [-0.3, -0.25) is 10.1 Å². The molecule has 1 aliphatic rings. The number of anilines is 2. The Kier molecular flexibility index (Phi) is 4.93. The van der Waals surface area contributed by atoms with Crippen molar-refractivity contribution in [2.75, 3.05) is 23.7 Å². The largest absolute Gasteiger partial charge is 0.364 e. The molecule has 7 heteroatoms. The second-order valence-electron chi connectivity index (χ2n) is 5.62. The summed E-state index contributed by atoms with van der Waals surface area (Å²) in [6.45, 7) is 5.37. The van der Waals surface area contributed by atoms with Gasteiger partial charge in [-0.2, -0.15) is 0 Å². The summed E-state index contributed by atoms with van der Waals surface area (Å²) in [7, 11) is 0. The van der Waals surface area contributed by atoms with E-state index in [0.29, 0.717) is 12.4 Å². The lowest BCUT2D eigenvalue weighted by Crippen LogP contribution is -2.26. The van der Waals surface area contributed by atoms with Crippen molar-refractivity contribution in [2.45, 2.75) is 46.0 Å². The van der Waals surface area contributed by atoms with E-state index in [0.717, 1.165) is 13.0 Å². The summed E-state index contributed by atoms with van der Waals surface area (Å²) < 4.78 is 0. The molecule has 0 spiro atoms. The first-order valence-electron chi connectivity index (χ1n) is 7.59. The first kappa shape index (κ1) is 15.5. The second kappa shape index (κ2) is 6.69. The SMILES string of the molecule is CCNc1ncnc(NCC2(CC)CCCC2)c1[N+](=O)[O-]. The van der Waals surface area contributed by atoms with Crippen LogP contribution in [0.2, 0.25) is 0 Å². The number of nitrogens with zero attached hydrogens (tertiary/aromatic N) is 3. The minimum Gasteiger partial charge on any atom is -0.364 e. The number of nitrogens with one attached hydrogen (secondary N) is 2. The fourth-order valence-corrected chi connectivity index (χ4v) is 3.03. The van der Waals surface area contributed by atoms with Crippen molar-refractivity contribution < 1.29 is 4.92 Å². The molecule has 1 aromatic heterocycles. The second-order valence-corrected chi connectivity index (χ2v) is 5.62. The molecule has 1 saturated carbocycles. The van der Waals surface area contributed by atoms with E-state index < -0.39 is 4.92 Å². The van der Waals surface area contributed by atoms with Gasteiger partial charge < -0.3 is 10.6 Å². The number of rotatable bonds is 7. The third kappa shape index (κ3) is 3.40. The standard InChI is InChI=1S/C14H23N5O2/c1-3-14(7-5-6-8-14)9-16-13-11(19(20)21)12(15-4-2)17-10-18-13/h10H,3-9H2,1-2H3,(H2,15,16,17,18). The summed E-state index contributed by atoms with van der Waals surface area (Å²) in [5.41, 5.74) is 0.181. The maximum atomic E-state index is 11.3. The lowest BCUT2D eigenvalue weighted by Gasteiger charge is -2.27. The Balaban J connectivity index is 2.19. The van der Waals surface area contributed by atoms with E-state index in [4.69, 9.17) is 0 Å². The van der Waals surface area contributed by atoms with Gasteiger partial charge in [-0.15, -0.1) is 0 Å². The van der Waals surface area contributed by atoms with Crippen LogP contribution in [0.5, 0.6) is 0 Å². The molecule has 0 amide bonds. The van der Waals surface area contributed by atoms with Gasteiger partial charge in [0, 0.05) is 13.1 Å². The molecule has 21 heavy (non-hydrogen) atoms. The topological polar surface area (TPSA) is 93.0 Å². The molecule has 7 nitrogen and oxygen atoms in total. The summed E-state index contributed by atoms with van der Waals surface area (Å²) in [6.07, 6.45) is 7.28. The van der Waals surface area contributed by atoms with Crippen LogP contribution in [0, 0.1) is 15.5 Å².